The molecule has 0 bridgehead atoms. The van der Waals surface area contributed by atoms with Crippen molar-refractivity contribution in [1.29, 1.82) is 0 Å². The van der Waals surface area contributed by atoms with E-state index in [1.807, 2.05) is 11.3 Å². The van der Waals surface area contributed by atoms with Gasteiger partial charge in [0.25, 0.3) is 0 Å². The first-order valence-electron chi connectivity index (χ1n) is 7.07. The fourth-order valence-electron chi connectivity index (χ4n) is 2.54. The van der Waals surface area contributed by atoms with Crippen molar-refractivity contribution in [2.75, 3.05) is 18.0 Å². The van der Waals surface area contributed by atoms with Crippen LogP contribution in [-0.4, -0.2) is 24.1 Å². The Morgan fingerprint density at radius 3 is 2.94 bits per heavy atom. The molecule has 1 aromatic heterocycles. The third-order valence-corrected chi connectivity index (χ3v) is 5.23. The van der Waals surface area contributed by atoms with Crippen LogP contribution >= 0.6 is 11.3 Å². The maximum atomic E-state index is 4.78. The molecule has 102 valence electrons. The van der Waals surface area contributed by atoms with Crippen LogP contribution in [0.2, 0.25) is 0 Å². The van der Waals surface area contributed by atoms with Crippen LogP contribution in [0, 0.1) is 12.8 Å². The van der Waals surface area contributed by atoms with Gasteiger partial charge >= 0.3 is 0 Å². The molecule has 0 amide bonds. The Morgan fingerprint density at radius 2 is 2.22 bits per heavy atom. The first-order chi connectivity index (χ1) is 8.63. The van der Waals surface area contributed by atoms with Gasteiger partial charge in [-0.05, 0) is 39.2 Å². The van der Waals surface area contributed by atoms with Gasteiger partial charge in [-0.3, -0.25) is 0 Å². The summed E-state index contributed by atoms with van der Waals surface area (Å²) in [4.78, 5) is 8.66. The van der Waals surface area contributed by atoms with E-state index in [1.54, 1.807) is 0 Å². The lowest BCUT2D eigenvalue weighted by molar-refractivity contribution is 0.363. The van der Waals surface area contributed by atoms with Crippen molar-refractivity contribution in [3.63, 3.8) is 0 Å². The summed E-state index contributed by atoms with van der Waals surface area (Å²) in [6.07, 6.45) is 2.65. The van der Waals surface area contributed by atoms with Crippen LogP contribution in [-0.2, 0) is 6.54 Å². The summed E-state index contributed by atoms with van der Waals surface area (Å²) in [5.41, 5.74) is 1.20. The van der Waals surface area contributed by atoms with Crippen molar-refractivity contribution in [1.82, 2.24) is 10.3 Å². The van der Waals surface area contributed by atoms with E-state index in [1.165, 1.54) is 35.1 Å². The molecule has 1 aliphatic rings. The number of thiazole rings is 1. The summed E-state index contributed by atoms with van der Waals surface area (Å²) in [5.74, 6) is 0.778. The SMILES string of the molecule is CCNCc1sc(N2CCCC(C)C2C)nc1C. The zero-order valence-electron chi connectivity index (χ0n) is 12.0. The number of aromatic nitrogens is 1. The summed E-state index contributed by atoms with van der Waals surface area (Å²) in [5, 5.41) is 4.62. The fourth-order valence-corrected chi connectivity index (χ4v) is 3.69. The molecular weight excluding hydrogens is 242 g/mol. The zero-order chi connectivity index (χ0) is 13.1. The van der Waals surface area contributed by atoms with Crippen molar-refractivity contribution in [2.24, 2.45) is 5.92 Å². The molecule has 1 N–H and O–H groups in total. The quantitative estimate of drug-likeness (QED) is 0.908. The minimum absolute atomic E-state index is 0.622. The zero-order valence-corrected chi connectivity index (χ0v) is 12.8. The Hall–Kier alpha value is -0.610. The van der Waals surface area contributed by atoms with Crippen LogP contribution in [0.1, 0.15) is 44.2 Å². The molecule has 2 atom stereocenters. The van der Waals surface area contributed by atoms with Gasteiger partial charge in [0.05, 0.1) is 5.69 Å². The number of anilines is 1. The van der Waals surface area contributed by atoms with E-state index in [0.29, 0.717) is 6.04 Å². The topological polar surface area (TPSA) is 28.2 Å². The molecule has 2 unspecified atom stereocenters. The molecule has 1 aliphatic heterocycles. The summed E-state index contributed by atoms with van der Waals surface area (Å²) < 4.78 is 0. The Balaban J connectivity index is 2.12. The number of hydrogen-bond acceptors (Lipinski definition) is 4. The third-order valence-electron chi connectivity index (χ3n) is 4.04. The summed E-state index contributed by atoms with van der Waals surface area (Å²) in [6.45, 7) is 12.1. The Bertz CT molecular complexity index is 388. The van der Waals surface area contributed by atoms with Crippen LogP contribution in [0.4, 0.5) is 5.13 Å². The summed E-state index contributed by atoms with van der Waals surface area (Å²) >= 11 is 1.86. The van der Waals surface area contributed by atoms with Crippen molar-refractivity contribution >= 4 is 16.5 Å². The minimum Gasteiger partial charge on any atom is -0.345 e. The minimum atomic E-state index is 0.622. The molecule has 0 radical (unpaired) electrons. The number of rotatable bonds is 4. The molecule has 0 aliphatic carbocycles. The average molecular weight is 267 g/mol. The highest BCUT2D eigenvalue weighted by Crippen LogP contribution is 2.32. The second-order valence-electron chi connectivity index (χ2n) is 5.34. The predicted octanol–water partition coefficient (Wildman–Crippen LogP) is 3.19. The van der Waals surface area contributed by atoms with Gasteiger partial charge in [-0.1, -0.05) is 13.8 Å². The maximum absolute atomic E-state index is 4.78. The van der Waals surface area contributed by atoms with E-state index in [-0.39, 0.29) is 0 Å². The second kappa shape index (κ2) is 6.02. The largest absolute Gasteiger partial charge is 0.345 e. The fraction of sp³-hybridized carbons (Fsp3) is 0.786. The molecule has 1 aromatic rings. The van der Waals surface area contributed by atoms with E-state index in [9.17, 15) is 0 Å². The van der Waals surface area contributed by atoms with Crippen molar-refractivity contribution in [3.05, 3.63) is 10.6 Å². The van der Waals surface area contributed by atoms with Gasteiger partial charge in [0.15, 0.2) is 5.13 Å². The molecule has 0 saturated carbocycles. The molecule has 3 nitrogen and oxygen atoms in total. The number of aryl methyl sites for hydroxylation is 1. The predicted molar refractivity (Wildman–Crippen MR) is 79.4 cm³/mol. The Labute approximate surface area is 115 Å². The smallest absolute Gasteiger partial charge is 0.186 e. The number of hydrogen-bond donors (Lipinski definition) is 1. The van der Waals surface area contributed by atoms with Gasteiger partial charge in [-0.15, -0.1) is 11.3 Å². The lowest BCUT2D eigenvalue weighted by Crippen LogP contribution is -2.42. The monoisotopic (exact) mass is 267 g/mol. The molecule has 0 spiro atoms. The highest BCUT2D eigenvalue weighted by molar-refractivity contribution is 7.15. The van der Waals surface area contributed by atoms with Crippen LogP contribution in [0.5, 0.6) is 0 Å². The van der Waals surface area contributed by atoms with Gasteiger partial charge < -0.3 is 10.2 Å². The van der Waals surface area contributed by atoms with Gasteiger partial charge in [-0.2, -0.15) is 0 Å². The number of nitrogens with one attached hydrogen (secondary N) is 1. The molecule has 1 fully saturated rings. The molecule has 18 heavy (non-hydrogen) atoms. The van der Waals surface area contributed by atoms with Crippen molar-refractivity contribution in [3.8, 4) is 0 Å². The van der Waals surface area contributed by atoms with Crippen LogP contribution in [0.3, 0.4) is 0 Å². The van der Waals surface area contributed by atoms with Crippen LogP contribution in [0.15, 0.2) is 0 Å². The average Bonchev–Trinajstić information content (AvgIpc) is 2.71. The highest BCUT2D eigenvalue weighted by Gasteiger charge is 2.27. The highest BCUT2D eigenvalue weighted by atomic mass is 32.1. The summed E-state index contributed by atoms with van der Waals surface area (Å²) in [7, 11) is 0. The Morgan fingerprint density at radius 1 is 1.44 bits per heavy atom. The number of nitrogens with zero attached hydrogens (tertiary/aromatic N) is 2. The van der Waals surface area contributed by atoms with E-state index in [0.717, 1.165) is 19.0 Å². The first kappa shape index (κ1) is 13.8. The lowest BCUT2D eigenvalue weighted by atomic mass is 9.93. The van der Waals surface area contributed by atoms with E-state index < -0.39 is 0 Å². The molecule has 0 aromatic carbocycles. The normalized spacial score (nSPS) is 24.6. The van der Waals surface area contributed by atoms with Crippen LogP contribution in [0.25, 0.3) is 0 Å². The lowest BCUT2D eigenvalue weighted by Gasteiger charge is -2.37. The Kier molecular flexibility index (Phi) is 4.62. The van der Waals surface area contributed by atoms with Crippen molar-refractivity contribution in [2.45, 2.75) is 53.1 Å². The molecule has 2 rings (SSSR count). The van der Waals surface area contributed by atoms with E-state index >= 15 is 0 Å². The molecule has 1 saturated heterocycles. The first-order valence-corrected chi connectivity index (χ1v) is 7.88. The van der Waals surface area contributed by atoms with Crippen molar-refractivity contribution < 1.29 is 0 Å². The standard InChI is InChI=1S/C14H25N3S/c1-5-15-9-13-11(3)16-14(18-13)17-8-6-7-10(2)12(17)4/h10,12,15H,5-9H2,1-4H3. The molecular formula is C14H25N3S. The van der Waals surface area contributed by atoms with E-state index in [2.05, 4.69) is 37.9 Å². The summed E-state index contributed by atoms with van der Waals surface area (Å²) in [6, 6.07) is 0.622. The third kappa shape index (κ3) is 2.86. The van der Waals surface area contributed by atoms with Gasteiger partial charge in [0.2, 0.25) is 0 Å². The second-order valence-corrected chi connectivity index (χ2v) is 6.40. The van der Waals surface area contributed by atoms with Gasteiger partial charge in [0, 0.05) is 24.0 Å². The molecule has 2 heterocycles. The molecule has 4 heteroatoms. The van der Waals surface area contributed by atoms with Gasteiger partial charge in [0.1, 0.15) is 0 Å². The van der Waals surface area contributed by atoms with E-state index in [4.69, 9.17) is 4.98 Å². The van der Waals surface area contributed by atoms with Gasteiger partial charge in [-0.25, -0.2) is 4.98 Å². The number of piperidine rings is 1. The van der Waals surface area contributed by atoms with Crippen LogP contribution < -0.4 is 10.2 Å². The maximum Gasteiger partial charge on any atom is 0.186 e.